The van der Waals surface area contributed by atoms with E-state index in [1.54, 1.807) is 0 Å². The van der Waals surface area contributed by atoms with Gasteiger partial charge in [-0.1, -0.05) is 9.24 Å². The third-order valence-corrected chi connectivity index (χ3v) is 0. The van der Waals surface area contributed by atoms with Crippen molar-refractivity contribution in [2.24, 2.45) is 0 Å². The first kappa shape index (κ1) is 6.48. The van der Waals surface area contributed by atoms with Crippen LogP contribution in [0.15, 0.2) is 0 Å². The maximum absolute atomic E-state index is 3.81. The largest absolute Gasteiger partial charge is 0.147 e. The van der Waals surface area contributed by atoms with Crippen molar-refractivity contribution in [1.82, 2.24) is 0 Å². The summed E-state index contributed by atoms with van der Waals surface area (Å²) in [5.41, 5.74) is 0. The summed E-state index contributed by atoms with van der Waals surface area (Å²) in [5.74, 6) is 0. The second kappa shape index (κ2) is 1.97. The highest BCUT2D eigenvalue weighted by Crippen LogP contribution is 2.30. The summed E-state index contributed by atoms with van der Waals surface area (Å²) in [7, 11) is 2.31. The SMILES string of the molecule is PC(S)(S)S. The van der Waals surface area contributed by atoms with Gasteiger partial charge in [-0.25, -0.2) is 0 Å². The molecule has 0 aliphatic carbocycles. The molecule has 1 atom stereocenters. The van der Waals surface area contributed by atoms with Crippen LogP contribution in [-0.4, -0.2) is 3.15 Å². The highest BCUT2D eigenvalue weighted by Gasteiger charge is 1.99. The molecular formula is CH5PS3. The van der Waals surface area contributed by atoms with Crippen LogP contribution in [0, 0.1) is 0 Å². The van der Waals surface area contributed by atoms with Crippen molar-refractivity contribution < 1.29 is 0 Å². The Bertz CT molecular complexity index is 22.4. The van der Waals surface area contributed by atoms with E-state index in [2.05, 4.69) is 47.1 Å². The van der Waals surface area contributed by atoms with E-state index in [9.17, 15) is 0 Å². The summed E-state index contributed by atoms with van der Waals surface area (Å²) >= 11 is 11.4. The van der Waals surface area contributed by atoms with E-state index in [1.165, 1.54) is 0 Å². The molecule has 1 unspecified atom stereocenters. The van der Waals surface area contributed by atoms with E-state index < -0.39 is 3.15 Å². The van der Waals surface area contributed by atoms with Crippen LogP contribution in [0.2, 0.25) is 0 Å². The Kier molecular flexibility index (Phi) is 2.55. The predicted octanol–water partition coefficient (Wildman–Crippen LogP) is 1.26. The summed E-state index contributed by atoms with van der Waals surface area (Å²) in [4.78, 5) is 0. The Morgan fingerprint density at radius 2 is 1.20 bits per heavy atom. The zero-order chi connectivity index (χ0) is 4.50. The Morgan fingerprint density at radius 1 is 1.20 bits per heavy atom. The smallest absolute Gasteiger partial charge is 0.111 e. The molecule has 0 aromatic heterocycles. The van der Waals surface area contributed by atoms with Crippen molar-refractivity contribution >= 4 is 47.1 Å². The Morgan fingerprint density at radius 3 is 1.20 bits per heavy atom. The van der Waals surface area contributed by atoms with Crippen LogP contribution >= 0.6 is 47.1 Å². The van der Waals surface area contributed by atoms with E-state index in [0.29, 0.717) is 0 Å². The summed E-state index contributed by atoms with van der Waals surface area (Å²) in [6.07, 6.45) is 0. The maximum atomic E-state index is 3.81. The van der Waals surface area contributed by atoms with Gasteiger partial charge in [0.05, 0.1) is 0 Å². The molecular weight excluding hydrogens is 139 g/mol. The van der Waals surface area contributed by atoms with Gasteiger partial charge in [0.1, 0.15) is 3.15 Å². The Balaban J connectivity index is 3.02. The molecule has 0 amide bonds. The molecule has 0 rings (SSSR count). The Labute approximate surface area is 50.5 Å². The fourth-order valence-corrected chi connectivity index (χ4v) is 0. The molecule has 0 aliphatic rings. The highest BCUT2D eigenvalue weighted by atomic mass is 32.2. The van der Waals surface area contributed by atoms with Crippen LogP contribution in [0.1, 0.15) is 0 Å². The second-order valence-electron chi connectivity index (χ2n) is 0.687. The van der Waals surface area contributed by atoms with E-state index in [-0.39, 0.29) is 0 Å². The van der Waals surface area contributed by atoms with Gasteiger partial charge in [0.2, 0.25) is 0 Å². The van der Waals surface area contributed by atoms with E-state index >= 15 is 0 Å². The molecule has 0 bridgehead atoms. The van der Waals surface area contributed by atoms with Gasteiger partial charge in [0.25, 0.3) is 0 Å². The van der Waals surface area contributed by atoms with Crippen molar-refractivity contribution in [2.75, 3.05) is 0 Å². The van der Waals surface area contributed by atoms with E-state index in [1.807, 2.05) is 0 Å². The van der Waals surface area contributed by atoms with Crippen LogP contribution in [0.5, 0.6) is 0 Å². The zero-order valence-corrected chi connectivity index (χ0v) is 6.26. The molecule has 0 saturated carbocycles. The fraction of sp³-hybridized carbons (Fsp3) is 1.00. The van der Waals surface area contributed by atoms with Crippen molar-refractivity contribution in [1.29, 1.82) is 0 Å². The van der Waals surface area contributed by atoms with Gasteiger partial charge >= 0.3 is 0 Å². The quantitative estimate of drug-likeness (QED) is 0.254. The lowest BCUT2D eigenvalue weighted by atomic mass is 11.8. The first-order valence-corrected chi connectivity index (χ1v) is 2.88. The molecule has 0 heterocycles. The normalized spacial score (nSPS) is 12.0. The maximum Gasteiger partial charge on any atom is 0.111 e. The number of rotatable bonds is 0. The van der Waals surface area contributed by atoms with E-state index in [4.69, 9.17) is 0 Å². The van der Waals surface area contributed by atoms with Gasteiger partial charge in [-0.2, -0.15) is 0 Å². The molecule has 0 N–H and O–H groups in total. The standard InChI is InChI=1S/CH5PS3/c2-1(3,4)5/h3-5H,2H2. The molecule has 0 radical (unpaired) electrons. The minimum Gasteiger partial charge on any atom is -0.147 e. The lowest BCUT2D eigenvalue weighted by Crippen LogP contribution is -1.80. The molecule has 0 aromatic carbocycles. The number of thiol groups is 3. The third kappa shape index (κ3) is 30.3. The average molecular weight is 144 g/mol. The van der Waals surface area contributed by atoms with Gasteiger partial charge in [-0.15, -0.1) is 37.9 Å². The molecule has 0 aromatic rings. The molecule has 32 valence electrons. The summed E-state index contributed by atoms with van der Waals surface area (Å²) < 4.78 is -0.500. The van der Waals surface area contributed by atoms with Crippen molar-refractivity contribution in [3.05, 3.63) is 0 Å². The van der Waals surface area contributed by atoms with Crippen LogP contribution in [0.4, 0.5) is 0 Å². The van der Waals surface area contributed by atoms with Crippen LogP contribution in [0.3, 0.4) is 0 Å². The average Bonchev–Trinajstić information content (AvgIpc) is 0.722. The van der Waals surface area contributed by atoms with Crippen molar-refractivity contribution in [3.63, 3.8) is 0 Å². The summed E-state index contributed by atoms with van der Waals surface area (Å²) in [5, 5.41) is 0. The summed E-state index contributed by atoms with van der Waals surface area (Å²) in [6, 6.07) is 0. The first-order valence-electron chi connectivity index (χ1n) is 0.959. The molecule has 0 saturated heterocycles. The highest BCUT2D eigenvalue weighted by molar-refractivity contribution is 8.23. The van der Waals surface area contributed by atoms with Gasteiger partial charge in [0.15, 0.2) is 0 Å². The van der Waals surface area contributed by atoms with Crippen LogP contribution in [-0.2, 0) is 0 Å². The van der Waals surface area contributed by atoms with Gasteiger partial charge in [0, 0.05) is 0 Å². The van der Waals surface area contributed by atoms with Crippen molar-refractivity contribution in [2.45, 2.75) is 3.15 Å². The van der Waals surface area contributed by atoms with Crippen LogP contribution in [0.25, 0.3) is 0 Å². The fourth-order valence-electron chi connectivity index (χ4n) is 0. The first-order chi connectivity index (χ1) is 2.00. The topological polar surface area (TPSA) is 0 Å². The zero-order valence-electron chi connectivity index (χ0n) is 2.42. The monoisotopic (exact) mass is 144 g/mol. The predicted molar refractivity (Wildman–Crippen MR) is 39.4 cm³/mol. The lowest BCUT2D eigenvalue weighted by molar-refractivity contribution is 1.99. The minimum absolute atomic E-state index is 0.500. The second-order valence-corrected chi connectivity index (χ2v) is 6.19. The molecule has 5 heavy (non-hydrogen) atoms. The van der Waals surface area contributed by atoms with E-state index in [0.717, 1.165) is 0 Å². The molecule has 0 aliphatic heterocycles. The Hall–Kier alpha value is 1.48. The molecule has 0 nitrogen and oxygen atoms in total. The van der Waals surface area contributed by atoms with Gasteiger partial charge in [-0.05, 0) is 0 Å². The van der Waals surface area contributed by atoms with Gasteiger partial charge in [-0.3, -0.25) is 0 Å². The summed E-state index contributed by atoms with van der Waals surface area (Å²) in [6.45, 7) is 0. The third-order valence-electron chi connectivity index (χ3n) is 0. The molecule has 0 spiro atoms. The van der Waals surface area contributed by atoms with Gasteiger partial charge < -0.3 is 0 Å². The number of hydrogen-bond donors (Lipinski definition) is 3. The minimum atomic E-state index is -0.500. The lowest BCUT2D eigenvalue weighted by Gasteiger charge is -2.01. The molecule has 4 heteroatoms. The number of hydrogen-bond acceptors (Lipinski definition) is 3. The van der Waals surface area contributed by atoms with Crippen molar-refractivity contribution in [3.8, 4) is 0 Å². The molecule has 0 fully saturated rings. The van der Waals surface area contributed by atoms with Crippen LogP contribution < -0.4 is 0 Å².